The average Bonchev–Trinajstić information content (AvgIpc) is 3.37. The Hall–Kier alpha value is -3.60. The average molecular weight is 464 g/mol. The molecule has 0 bridgehead atoms. The number of hydrogen-bond donors (Lipinski definition) is 1. The third-order valence-corrected chi connectivity index (χ3v) is 5.04. The van der Waals surface area contributed by atoms with Crippen LogP contribution in [0.3, 0.4) is 0 Å². The first-order valence-electron chi connectivity index (χ1n) is 9.78. The maximum atomic E-state index is 13.0. The molecular weight excluding hydrogens is 441 g/mol. The van der Waals surface area contributed by atoms with Gasteiger partial charge in [0.05, 0.1) is 32.6 Å². The Morgan fingerprint density at radius 1 is 1.09 bits per heavy atom. The van der Waals surface area contributed by atoms with E-state index in [1.165, 1.54) is 31.5 Å². The first-order valence-corrected chi connectivity index (χ1v) is 9.78. The minimum atomic E-state index is -4.39. The van der Waals surface area contributed by atoms with Gasteiger partial charge in [-0.15, -0.1) is 0 Å². The molecule has 0 aliphatic carbocycles. The number of nitrogens with zero attached hydrogens (tertiary/aromatic N) is 4. The Morgan fingerprint density at radius 2 is 1.82 bits per heavy atom. The zero-order chi connectivity index (χ0) is 24.3. The number of amides is 1. The second-order valence-corrected chi connectivity index (χ2v) is 7.17. The highest BCUT2D eigenvalue weighted by atomic mass is 19.4. The third-order valence-electron chi connectivity index (χ3n) is 5.04. The van der Waals surface area contributed by atoms with Gasteiger partial charge < -0.3 is 19.5 Å². The van der Waals surface area contributed by atoms with Crippen molar-refractivity contribution >= 4 is 11.6 Å². The number of aryl methyl sites for hydroxylation is 1. The van der Waals surface area contributed by atoms with Gasteiger partial charge in [0, 0.05) is 30.6 Å². The Balaban J connectivity index is 0.00000149. The largest absolute Gasteiger partial charge is 0.491 e. The molecule has 176 valence electrons. The minimum Gasteiger partial charge on any atom is -0.491 e. The number of pyridine rings is 1. The van der Waals surface area contributed by atoms with E-state index < -0.39 is 12.7 Å². The molecule has 3 aromatic rings. The van der Waals surface area contributed by atoms with Gasteiger partial charge in [-0.3, -0.25) is 9.48 Å². The fraction of sp³-hybridized carbons (Fsp3) is 0.318. The van der Waals surface area contributed by atoms with Crippen LogP contribution in [0.1, 0.15) is 21.5 Å². The third kappa shape index (κ3) is 4.92. The van der Waals surface area contributed by atoms with E-state index in [-0.39, 0.29) is 12.5 Å². The van der Waals surface area contributed by atoms with Crippen LogP contribution >= 0.6 is 0 Å². The van der Waals surface area contributed by atoms with Gasteiger partial charge in [0.25, 0.3) is 11.8 Å². The maximum absolute atomic E-state index is 13.0. The summed E-state index contributed by atoms with van der Waals surface area (Å²) in [6.45, 7) is 0.851. The summed E-state index contributed by atoms with van der Waals surface area (Å²) in [5.41, 5.74) is 4.02. The van der Waals surface area contributed by atoms with Gasteiger partial charge in [0.15, 0.2) is 5.75 Å². The minimum absolute atomic E-state index is 0.237. The quantitative estimate of drug-likeness (QED) is 0.621. The number of halogens is 3. The highest BCUT2D eigenvalue weighted by Gasteiger charge is 2.33. The lowest BCUT2D eigenvalue weighted by molar-refractivity contribution is -0.142. The van der Waals surface area contributed by atoms with Gasteiger partial charge in [-0.25, -0.2) is 4.98 Å². The first kappa shape index (κ1) is 24.1. The highest BCUT2D eigenvalue weighted by molar-refractivity contribution is 6.11. The normalized spacial score (nSPS) is 12.8. The van der Waals surface area contributed by atoms with Crippen LogP contribution in [-0.2, 0) is 13.1 Å². The van der Waals surface area contributed by atoms with Gasteiger partial charge in [-0.2, -0.15) is 18.3 Å². The molecule has 11 heteroatoms. The summed E-state index contributed by atoms with van der Waals surface area (Å²) in [5.74, 6) is 0.574. The summed E-state index contributed by atoms with van der Waals surface area (Å²) in [5, 5.41) is 10.7. The van der Waals surface area contributed by atoms with Crippen molar-refractivity contribution < 1.29 is 32.5 Å². The fourth-order valence-corrected chi connectivity index (χ4v) is 3.69. The molecular formula is C22H23F3N4O4. The van der Waals surface area contributed by atoms with Gasteiger partial charge >= 0.3 is 6.18 Å². The van der Waals surface area contributed by atoms with E-state index in [2.05, 4.69) is 10.1 Å². The van der Waals surface area contributed by atoms with E-state index in [0.717, 1.165) is 34.0 Å². The Labute approximate surface area is 188 Å². The molecule has 3 heterocycles. The van der Waals surface area contributed by atoms with Crippen molar-refractivity contribution in [1.29, 1.82) is 0 Å². The van der Waals surface area contributed by atoms with Crippen molar-refractivity contribution in [1.82, 2.24) is 14.8 Å². The number of aliphatic hydroxyl groups is 1. The van der Waals surface area contributed by atoms with Crippen LogP contribution in [0.5, 0.6) is 11.6 Å². The molecule has 1 aliphatic heterocycles. The van der Waals surface area contributed by atoms with Crippen LogP contribution < -0.4 is 14.4 Å². The molecule has 1 aromatic carbocycles. The molecule has 1 N–H and O–H groups in total. The summed E-state index contributed by atoms with van der Waals surface area (Å²) in [4.78, 5) is 18.6. The number of alkyl halides is 3. The lowest BCUT2D eigenvalue weighted by Crippen LogP contribution is -2.23. The van der Waals surface area contributed by atoms with Crippen LogP contribution in [0.15, 0.2) is 36.8 Å². The molecule has 4 rings (SSSR count). The van der Waals surface area contributed by atoms with Crippen LogP contribution in [0.2, 0.25) is 0 Å². The predicted octanol–water partition coefficient (Wildman–Crippen LogP) is 3.60. The maximum Gasteiger partial charge on any atom is 0.408 e. The summed E-state index contributed by atoms with van der Waals surface area (Å²) < 4.78 is 49.1. The molecule has 8 nitrogen and oxygen atoms in total. The predicted molar refractivity (Wildman–Crippen MR) is 114 cm³/mol. The Kier molecular flexibility index (Phi) is 6.92. The molecule has 2 aromatic heterocycles. The highest BCUT2D eigenvalue weighted by Crippen LogP contribution is 2.36. The number of anilines is 1. The van der Waals surface area contributed by atoms with Crippen LogP contribution in [0, 0.1) is 6.92 Å². The van der Waals surface area contributed by atoms with E-state index in [0.29, 0.717) is 22.9 Å². The van der Waals surface area contributed by atoms with Crippen molar-refractivity contribution in [2.45, 2.75) is 26.2 Å². The SMILES string of the molecule is CO.COc1cc(-c2cc(C)c3c(c2)CN(c2cnn(CC(F)(F)F)c2)C3=O)cnc1OC. The van der Waals surface area contributed by atoms with E-state index in [1.54, 1.807) is 12.3 Å². The standard InChI is InChI=1S/C21H19F3N4O3.CH4O/c1-12-4-13(14-6-17(30-2)19(31-3)25-7-14)5-15-9-28(20(29)18(12)15)16-8-26-27(10-16)11-21(22,23)24;1-2/h4-8,10H,9,11H2,1-3H3;2H,1H3. The van der Waals surface area contributed by atoms with E-state index in [9.17, 15) is 18.0 Å². The lowest BCUT2D eigenvalue weighted by Gasteiger charge is -2.12. The van der Waals surface area contributed by atoms with Gasteiger partial charge in [-0.1, -0.05) is 6.07 Å². The topological polar surface area (TPSA) is 89.7 Å². The Bertz CT molecular complexity index is 1160. The molecule has 0 saturated heterocycles. The summed E-state index contributed by atoms with van der Waals surface area (Å²) in [6, 6.07) is 5.54. The number of carbonyl (C=O) groups excluding carboxylic acids is 1. The summed E-state index contributed by atoms with van der Waals surface area (Å²) in [7, 11) is 4.02. The second-order valence-electron chi connectivity index (χ2n) is 7.17. The number of fused-ring (bicyclic) bond motifs is 1. The number of rotatable bonds is 5. The van der Waals surface area contributed by atoms with Crippen LogP contribution in [-0.4, -0.2) is 53.3 Å². The molecule has 0 fully saturated rings. The molecule has 0 saturated carbocycles. The Morgan fingerprint density at radius 3 is 2.45 bits per heavy atom. The molecule has 1 amide bonds. The number of ether oxygens (including phenoxy) is 2. The first-order chi connectivity index (χ1) is 15.7. The molecule has 0 radical (unpaired) electrons. The summed E-state index contributed by atoms with van der Waals surface area (Å²) in [6.07, 6.45) is -0.242. The smallest absolute Gasteiger partial charge is 0.408 e. The molecule has 1 aliphatic rings. The van der Waals surface area contributed by atoms with Crippen molar-refractivity contribution in [3.8, 4) is 22.8 Å². The van der Waals surface area contributed by atoms with E-state index in [4.69, 9.17) is 14.6 Å². The molecule has 0 spiro atoms. The van der Waals surface area contributed by atoms with Gasteiger partial charge in [0.2, 0.25) is 0 Å². The zero-order valence-corrected chi connectivity index (χ0v) is 18.5. The zero-order valence-electron chi connectivity index (χ0n) is 18.5. The molecule has 0 atom stereocenters. The van der Waals surface area contributed by atoms with Gasteiger partial charge in [0.1, 0.15) is 6.54 Å². The fourth-order valence-electron chi connectivity index (χ4n) is 3.69. The number of methoxy groups -OCH3 is 2. The molecule has 33 heavy (non-hydrogen) atoms. The number of hydrogen-bond acceptors (Lipinski definition) is 6. The van der Waals surface area contributed by atoms with Crippen molar-refractivity contribution in [3.05, 3.63) is 53.5 Å². The molecule has 0 unspecified atom stereocenters. The van der Waals surface area contributed by atoms with Gasteiger partial charge in [-0.05, 0) is 35.7 Å². The number of carbonyl (C=O) groups is 1. The van der Waals surface area contributed by atoms with Crippen LogP contribution in [0.4, 0.5) is 18.9 Å². The number of aromatic nitrogens is 3. The van der Waals surface area contributed by atoms with Crippen LogP contribution in [0.25, 0.3) is 11.1 Å². The van der Waals surface area contributed by atoms with Crippen molar-refractivity contribution in [2.75, 3.05) is 26.2 Å². The van der Waals surface area contributed by atoms with Crippen molar-refractivity contribution in [3.63, 3.8) is 0 Å². The second kappa shape index (κ2) is 9.49. The monoisotopic (exact) mass is 464 g/mol. The van der Waals surface area contributed by atoms with Crippen molar-refractivity contribution in [2.24, 2.45) is 0 Å². The number of aliphatic hydroxyl groups excluding tert-OH is 1. The number of benzene rings is 1. The lowest BCUT2D eigenvalue weighted by atomic mass is 9.97. The van der Waals surface area contributed by atoms with E-state index in [1.807, 2.05) is 19.1 Å². The van der Waals surface area contributed by atoms with E-state index >= 15 is 0 Å². The summed E-state index contributed by atoms with van der Waals surface area (Å²) >= 11 is 0.